The Morgan fingerprint density at radius 1 is 1.21 bits per heavy atom. The fraction of sp³-hybridized carbons (Fsp3) is 0.727. The second-order valence-electron chi connectivity index (χ2n) is 4.17. The van der Waals surface area contributed by atoms with Gasteiger partial charge in [-0.15, -0.1) is 0 Å². The number of hydrogen-bond acceptors (Lipinski definition) is 2. The SMILES string of the molecule is [CH2]CCN(CC[CH2])C(=O)OC(C)(C)C. The average Bonchev–Trinajstić information content (AvgIpc) is 2.01. The van der Waals surface area contributed by atoms with Crippen molar-refractivity contribution in [2.24, 2.45) is 0 Å². The molecule has 0 aromatic rings. The van der Waals surface area contributed by atoms with E-state index in [4.69, 9.17) is 4.74 Å². The lowest BCUT2D eigenvalue weighted by Crippen LogP contribution is -2.37. The molecule has 82 valence electrons. The molecule has 0 saturated heterocycles. The molecule has 0 aliphatic heterocycles. The van der Waals surface area contributed by atoms with Crippen LogP contribution in [0.3, 0.4) is 0 Å². The van der Waals surface area contributed by atoms with E-state index in [0.717, 1.165) is 0 Å². The number of amides is 1. The molecule has 0 fully saturated rings. The summed E-state index contributed by atoms with van der Waals surface area (Å²) < 4.78 is 5.24. The summed E-state index contributed by atoms with van der Waals surface area (Å²) >= 11 is 0. The van der Waals surface area contributed by atoms with Crippen LogP contribution in [0.5, 0.6) is 0 Å². The van der Waals surface area contributed by atoms with Crippen molar-refractivity contribution in [1.82, 2.24) is 4.90 Å². The standard InChI is InChI=1S/C11H21NO2/c1-6-8-12(9-7-2)10(13)14-11(3,4)5/h1-2,6-9H2,3-5H3. The molecule has 3 heteroatoms. The summed E-state index contributed by atoms with van der Waals surface area (Å²) in [7, 11) is 0. The van der Waals surface area contributed by atoms with Gasteiger partial charge in [0.2, 0.25) is 0 Å². The maximum atomic E-state index is 11.6. The van der Waals surface area contributed by atoms with E-state index in [0.29, 0.717) is 25.9 Å². The highest BCUT2D eigenvalue weighted by molar-refractivity contribution is 5.68. The van der Waals surface area contributed by atoms with Gasteiger partial charge in [0.05, 0.1) is 0 Å². The van der Waals surface area contributed by atoms with Gasteiger partial charge in [0.15, 0.2) is 0 Å². The first-order valence-electron chi connectivity index (χ1n) is 4.97. The Balaban J connectivity index is 4.14. The van der Waals surface area contributed by atoms with Crippen molar-refractivity contribution in [3.05, 3.63) is 13.8 Å². The molecule has 0 heterocycles. The van der Waals surface area contributed by atoms with Gasteiger partial charge in [-0.25, -0.2) is 4.79 Å². The fourth-order valence-electron chi connectivity index (χ4n) is 1.00. The first-order valence-corrected chi connectivity index (χ1v) is 4.97. The maximum Gasteiger partial charge on any atom is 0.410 e. The lowest BCUT2D eigenvalue weighted by Gasteiger charge is -2.26. The fourth-order valence-corrected chi connectivity index (χ4v) is 1.00. The summed E-state index contributed by atoms with van der Waals surface area (Å²) in [6.07, 6.45) is 1.11. The zero-order valence-corrected chi connectivity index (χ0v) is 9.51. The van der Waals surface area contributed by atoms with Crippen LogP contribution in [-0.4, -0.2) is 29.7 Å². The Hall–Kier alpha value is -0.730. The van der Waals surface area contributed by atoms with Gasteiger partial charge in [0, 0.05) is 13.1 Å². The van der Waals surface area contributed by atoms with Gasteiger partial charge < -0.3 is 9.64 Å². The average molecular weight is 199 g/mol. The highest BCUT2D eigenvalue weighted by atomic mass is 16.6. The van der Waals surface area contributed by atoms with Crippen LogP contribution in [0.1, 0.15) is 33.6 Å². The van der Waals surface area contributed by atoms with E-state index in [9.17, 15) is 4.79 Å². The van der Waals surface area contributed by atoms with Crippen LogP contribution in [0.15, 0.2) is 0 Å². The molecular formula is C11H21NO2. The third-order valence-electron chi connectivity index (χ3n) is 1.51. The third kappa shape index (κ3) is 5.84. The van der Waals surface area contributed by atoms with Crippen molar-refractivity contribution < 1.29 is 9.53 Å². The van der Waals surface area contributed by atoms with E-state index in [-0.39, 0.29) is 6.09 Å². The molecule has 0 spiro atoms. The molecule has 0 rings (SSSR count). The lowest BCUT2D eigenvalue weighted by molar-refractivity contribution is 0.0255. The number of hydrogen-bond donors (Lipinski definition) is 0. The van der Waals surface area contributed by atoms with Gasteiger partial charge in [-0.3, -0.25) is 0 Å². The van der Waals surface area contributed by atoms with E-state index in [1.165, 1.54) is 0 Å². The van der Waals surface area contributed by atoms with Crippen LogP contribution < -0.4 is 0 Å². The first-order chi connectivity index (χ1) is 6.40. The Morgan fingerprint density at radius 2 is 1.64 bits per heavy atom. The topological polar surface area (TPSA) is 29.5 Å². The normalized spacial score (nSPS) is 11.2. The van der Waals surface area contributed by atoms with Gasteiger partial charge in [-0.05, 0) is 33.6 Å². The molecule has 0 bridgehead atoms. The largest absolute Gasteiger partial charge is 0.444 e. The van der Waals surface area contributed by atoms with Crippen LogP contribution in [0.25, 0.3) is 0 Å². The molecule has 0 aliphatic carbocycles. The van der Waals surface area contributed by atoms with E-state index < -0.39 is 5.60 Å². The summed E-state index contributed by atoms with van der Waals surface area (Å²) in [6.45, 7) is 14.3. The molecule has 0 saturated carbocycles. The molecule has 3 nitrogen and oxygen atoms in total. The van der Waals surface area contributed by atoms with Crippen LogP contribution in [0.4, 0.5) is 4.79 Å². The van der Waals surface area contributed by atoms with Gasteiger partial charge in [-0.2, -0.15) is 0 Å². The molecule has 1 amide bonds. The van der Waals surface area contributed by atoms with Crippen molar-refractivity contribution in [3.63, 3.8) is 0 Å². The summed E-state index contributed by atoms with van der Waals surface area (Å²) in [5.74, 6) is 0. The predicted octanol–water partition coefficient (Wildman–Crippen LogP) is 2.67. The van der Waals surface area contributed by atoms with Crippen LogP contribution in [0, 0.1) is 13.8 Å². The van der Waals surface area contributed by atoms with Gasteiger partial charge >= 0.3 is 6.09 Å². The smallest absolute Gasteiger partial charge is 0.410 e. The van der Waals surface area contributed by atoms with Gasteiger partial charge in [0.1, 0.15) is 5.60 Å². The van der Waals surface area contributed by atoms with Crippen LogP contribution in [-0.2, 0) is 4.74 Å². The number of nitrogens with zero attached hydrogens (tertiary/aromatic N) is 1. The Bertz CT molecular complexity index is 167. The van der Waals surface area contributed by atoms with Crippen molar-refractivity contribution in [2.45, 2.75) is 39.2 Å². The summed E-state index contributed by atoms with van der Waals surface area (Å²) in [4.78, 5) is 13.2. The summed E-state index contributed by atoms with van der Waals surface area (Å²) in [5, 5.41) is 0. The van der Waals surface area contributed by atoms with Crippen molar-refractivity contribution >= 4 is 6.09 Å². The molecule has 2 radical (unpaired) electrons. The third-order valence-corrected chi connectivity index (χ3v) is 1.51. The number of carbonyl (C=O) groups excluding carboxylic acids is 1. The monoisotopic (exact) mass is 199 g/mol. The Kier molecular flexibility index (Phi) is 5.58. The molecule has 0 aromatic heterocycles. The minimum atomic E-state index is -0.433. The summed E-state index contributed by atoms with van der Waals surface area (Å²) in [5.41, 5.74) is -0.433. The van der Waals surface area contributed by atoms with Crippen LogP contribution in [0.2, 0.25) is 0 Å². The highest BCUT2D eigenvalue weighted by Crippen LogP contribution is 2.10. The minimum absolute atomic E-state index is 0.273. The van der Waals surface area contributed by atoms with Crippen molar-refractivity contribution in [1.29, 1.82) is 0 Å². The Morgan fingerprint density at radius 3 is 1.93 bits per heavy atom. The van der Waals surface area contributed by atoms with Crippen molar-refractivity contribution in [3.8, 4) is 0 Å². The van der Waals surface area contributed by atoms with E-state index in [1.54, 1.807) is 4.90 Å². The van der Waals surface area contributed by atoms with E-state index in [2.05, 4.69) is 13.8 Å². The molecule has 0 unspecified atom stereocenters. The van der Waals surface area contributed by atoms with Crippen LogP contribution >= 0.6 is 0 Å². The molecule has 0 aromatic carbocycles. The zero-order chi connectivity index (χ0) is 11.2. The quantitative estimate of drug-likeness (QED) is 0.696. The number of ether oxygens (including phenoxy) is 1. The van der Waals surface area contributed by atoms with Crippen molar-refractivity contribution in [2.75, 3.05) is 13.1 Å². The second-order valence-corrected chi connectivity index (χ2v) is 4.17. The first kappa shape index (κ1) is 13.3. The number of carbonyl (C=O) groups is 1. The zero-order valence-electron chi connectivity index (χ0n) is 9.51. The van der Waals surface area contributed by atoms with E-state index in [1.807, 2.05) is 20.8 Å². The number of rotatable bonds is 4. The van der Waals surface area contributed by atoms with E-state index >= 15 is 0 Å². The molecular weight excluding hydrogens is 178 g/mol. The maximum absolute atomic E-state index is 11.6. The molecule has 0 aliphatic rings. The lowest BCUT2D eigenvalue weighted by atomic mass is 10.2. The molecule has 14 heavy (non-hydrogen) atoms. The second kappa shape index (κ2) is 5.89. The molecule has 0 atom stereocenters. The van der Waals surface area contributed by atoms with Gasteiger partial charge in [0.25, 0.3) is 0 Å². The molecule has 0 N–H and O–H groups in total. The van der Waals surface area contributed by atoms with Gasteiger partial charge in [-0.1, -0.05) is 13.8 Å². The highest BCUT2D eigenvalue weighted by Gasteiger charge is 2.20. The predicted molar refractivity (Wildman–Crippen MR) is 57.8 cm³/mol. The minimum Gasteiger partial charge on any atom is -0.444 e. The Labute approximate surface area is 87.4 Å². The summed E-state index contributed by atoms with van der Waals surface area (Å²) in [6, 6.07) is 0.